The highest BCUT2D eigenvalue weighted by Gasteiger charge is 2.31. The minimum atomic E-state index is -3.79. The fourth-order valence-electron chi connectivity index (χ4n) is 3.68. The number of halogens is 1. The van der Waals surface area contributed by atoms with E-state index < -0.39 is 28.5 Å². The molecule has 9 heteroatoms. The van der Waals surface area contributed by atoms with Gasteiger partial charge in [-0.15, -0.1) is 0 Å². The number of carbonyl (C=O) groups excluding carboxylic acids is 2. The molecule has 0 bridgehead atoms. The predicted octanol–water partition coefficient (Wildman–Crippen LogP) is 4.56. The molecule has 0 aliphatic rings. The maximum atomic E-state index is 13.7. The molecule has 192 valence electrons. The Morgan fingerprint density at radius 1 is 1.03 bits per heavy atom. The van der Waals surface area contributed by atoms with Gasteiger partial charge in [-0.3, -0.25) is 13.9 Å². The number of rotatable bonds is 11. The zero-order valence-electron chi connectivity index (χ0n) is 21.3. The Balaban J connectivity index is 2.45. The molecule has 0 spiro atoms. The van der Waals surface area contributed by atoms with E-state index in [0.29, 0.717) is 10.7 Å². The number of amides is 2. The van der Waals surface area contributed by atoms with Crippen molar-refractivity contribution < 1.29 is 18.0 Å². The summed E-state index contributed by atoms with van der Waals surface area (Å²) in [7, 11) is -3.79. The SMILES string of the molecule is CC[C@H](C)NC(=O)[C@@H](C)N(Cc1cccc(Cl)c1)C(=O)CN(c1ccccc1C(C)C)S(C)(=O)=O. The highest BCUT2D eigenvalue weighted by molar-refractivity contribution is 7.92. The van der Waals surface area contributed by atoms with Crippen molar-refractivity contribution >= 4 is 39.1 Å². The van der Waals surface area contributed by atoms with Crippen LogP contribution in [0.25, 0.3) is 0 Å². The van der Waals surface area contributed by atoms with E-state index in [1.807, 2.05) is 45.9 Å². The lowest BCUT2D eigenvalue weighted by atomic mass is 10.0. The zero-order valence-corrected chi connectivity index (χ0v) is 22.9. The van der Waals surface area contributed by atoms with Crippen LogP contribution in [0.15, 0.2) is 48.5 Å². The van der Waals surface area contributed by atoms with Gasteiger partial charge in [0, 0.05) is 17.6 Å². The molecule has 0 heterocycles. The first-order valence-corrected chi connectivity index (χ1v) is 14.0. The fraction of sp³-hybridized carbons (Fsp3) is 0.462. The van der Waals surface area contributed by atoms with Gasteiger partial charge in [0.1, 0.15) is 12.6 Å². The highest BCUT2D eigenvalue weighted by Crippen LogP contribution is 2.29. The van der Waals surface area contributed by atoms with Crippen LogP contribution in [0.4, 0.5) is 5.69 Å². The lowest BCUT2D eigenvalue weighted by molar-refractivity contribution is -0.139. The molecular weight excluding hydrogens is 486 g/mol. The molecule has 0 unspecified atom stereocenters. The second-order valence-electron chi connectivity index (χ2n) is 9.13. The highest BCUT2D eigenvalue weighted by atomic mass is 35.5. The molecule has 0 aliphatic heterocycles. The lowest BCUT2D eigenvalue weighted by Crippen LogP contribution is -2.52. The van der Waals surface area contributed by atoms with Crippen molar-refractivity contribution in [3.05, 3.63) is 64.7 Å². The third-order valence-electron chi connectivity index (χ3n) is 5.92. The maximum absolute atomic E-state index is 13.7. The molecule has 0 saturated carbocycles. The number of nitrogens with one attached hydrogen (secondary N) is 1. The smallest absolute Gasteiger partial charge is 0.244 e. The van der Waals surface area contributed by atoms with Gasteiger partial charge in [0.2, 0.25) is 21.8 Å². The van der Waals surface area contributed by atoms with Gasteiger partial charge in [-0.2, -0.15) is 0 Å². The largest absolute Gasteiger partial charge is 0.352 e. The Kier molecular flexibility index (Phi) is 10.2. The molecule has 1 N–H and O–H groups in total. The molecular formula is C26H36ClN3O4S. The summed E-state index contributed by atoms with van der Waals surface area (Å²) in [5.74, 6) is -0.739. The third kappa shape index (κ3) is 7.97. The first kappa shape index (κ1) is 28.7. The van der Waals surface area contributed by atoms with Crippen LogP contribution in [0.1, 0.15) is 58.1 Å². The minimum Gasteiger partial charge on any atom is -0.352 e. The van der Waals surface area contributed by atoms with Crippen molar-refractivity contribution in [2.24, 2.45) is 0 Å². The Labute approximate surface area is 214 Å². The Bertz CT molecular complexity index is 1140. The van der Waals surface area contributed by atoms with Crippen molar-refractivity contribution in [3.63, 3.8) is 0 Å². The van der Waals surface area contributed by atoms with Crippen molar-refractivity contribution in [3.8, 4) is 0 Å². The van der Waals surface area contributed by atoms with Crippen LogP contribution in [-0.2, 0) is 26.2 Å². The quantitative estimate of drug-likeness (QED) is 0.469. The number of hydrogen-bond acceptors (Lipinski definition) is 4. The van der Waals surface area contributed by atoms with Gasteiger partial charge in [-0.05, 0) is 55.5 Å². The van der Waals surface area contributed by atoms with Crippen LogP contribution in [-0.4, -0.2) is 50.0 Å². The molecule has 2 amide bonds. The number of anilines is 1. The van der Waals surface area contributed by atoms with E-state index in [1.165, 1.54) is 4.90 Å². The summed E-state index contributed by atoms with van der Waals surface area (Å²) in [5.41, 5.74) is 2.01. The molecule has 0 saturated heterocycles. The number of para-hydroxylation sites is 1. The maximum Gasteiger partial charge on any atom is 0.244 e. The molecule has 2 rings (SSSR count). The van der Waals surface area contributed by atoms with Gasteiger partial charge >= 0.3 is 0 Å². The molecule has 2 atom stereocenters. The molecule has 0 aromatic heterocycles. The molecule has 2 aromatic carbocycles. The van der Waals surface area contributed by atoms with E-state index >= 15 is 0 Å². The standard InChI is InChI=1S/C26H36ClN3O4S/c1-7-19(4)28-26(32)20(5)29(16-21-11-10-12-22(27)15-21)25(31)17-30(35(6,33)34)24-14-9-8-13-23(24)18(2)3/h8-15,18-20H,7,16-17H2,1-6H3,(H,28,32)/t19-,20+/m0/s1. The monoisotopic (exact) mass is 521 g/mol. The second-order valence-corrected chi connectivity index (χ2v) is 11.5. The van der Waals surface area contributed by atoms with Crippen LogP contribution >= 0.6 is 11.6 Å². The summed E-state index contributed by atoms with van der Waals surface area (Å²) in [5, 5.41) is 3.42. The van der Waals surface area contributed by atoms with E-state index in [4.69, 9.17) is 11.6 Å². The summed E-state index contributed by atoms with van der Waals surface area (Å²) >= 11 is 6.14. The van der Waals surface area contributed by atoms with Crippen LogP contribution in [0.2, 0.25) is 5.02 Å². The van der Waals surface area contributed by atoms with E-state index in [0.717, 1.165) is 28.1 Å². The van der Waals surface area contributed by atoms with E-state index in [9.17, 15) is 18.0 Å². The number of nitrogens with zero attached hydrogens (tertiary/aromatic N) is 2. The fourth-order valence-corrected chi connectivity index (χ4v) is 4.76. The number of sulfonamides is 1. The normalized spacial score (nSPS) is 13.3. The van der Waals surface area contributed by atoms with Crippen molar-refractivity contribution in [1.29, 1.82) is 0 Å². The second kappa shape index (κ2) is 12.4. The lowest BCUT2D eigenvalue weighted by Gasteiger charge is -2.32. The Morgan fingerprint density at radius 3 is 2.26 bits per heavy atom. The van der Waals surface area contributed by atoms with Crippen LogP contribution in [0.3, 0.4) is 0 Å². The van der Waals surface area contributed by atoms with Gasteiger partial charge in [-0.25, -0.2) is 8.42 Å². The number of carbonyl (C=O) groups is 2. The van der Waals surface area contributed by atoms with Crippen LogP contribution in [0, 0.1) is 0 Å². The third-order valence-corrected chi connectivity index (χ3v) is 7.28. The molecule has 35 heavy (non-hydrogen) atoms. The zero-order chi connectivity index (χ0) is 26.3. The first-order valence-electron chi connectivity index (χ1n) is 11.8. The first-order chi connectivity index (χ1) is 16.3. The summed E-state index contributed by atoms with van der Waals surface area (Å²) < 4.78 is 26.7. The van der Waals surface area contributed by atoms with E-state index in [1.54, 1.807) is 37.3 Å². The molecule has 2 aromatic rings. The van der Waals surface area contributed by atoms with Gasteiger partial charge < -0.3 is 10.2 Å². The van der Waals surface area contributed by atoms with Gasteiger partial charge in [0.05, 0.1) is 11.9 Å². The average Bonchev–Trinajstić information content (AvgIpc) is 2.79. The van der Waals surface area contributed by atoms with Crippen LogP contribution in [0.5, 0.6) is 0 Å². The van der Waals surface area contributed by atoms with Gasteiger partial charge in [0.15, 0.2) is 0 Å². The molecule has 0 aliphatic carbocycles. The molecule has 7 nitrogen and oxygen atoms in total. The van der Waals surface area contributed by atoms with Crippen molar-refractivity contribution in [1.82, 2.24) is 10.2 Å². The van der Waals surface area contributed by atoms with E-state index in [2.05, 4.69) is 5.32 Å². The average molecular weight is 522 g/mol. The predicted molar refractivity (Wildman–Crippen MR) is 142 cm³/mol. The van der Waals surface area contributed by atoms with Gasteiger partial charge in [0.25, 0.3) is 0 Å². The topological polar surface area (TPSA) is 86.8 Å². The summed E-state index contributed by atoms with van der Waals surface area (Å²) in [6.07, 6.45) is 1.83. The number of benzene rings is 2. The number of hydrogen-bond donors (Lipinski definition) is 1. The van der Waals surface area contributed by atoms with Crippen LogP contribution < -0.4 is 9.62 Å². The Hall–Kier alpha value is -2.58. The van der Waals surface area contributed by atoms with Crippen molar-refractivity contribution in [2.45, 2.75) is 65.6 Å². The summed E-state index contributed by atoms with van der Waals surface area (Å²) in [6, 6.07) is 13.3. The minimum absolute atomic E-state index is 0.0494. The summed E-state index contributed by atoms with van der Waals surface area (Å²) in [6.45, 7) is 9.11. The van der Waals surface area contributed by atoms with Gasteiger partial charge in [-0.1, -0.05) is 62.7 Å². The van der Waals surface area contributed by atoms with E-state index in [-0.39, 0.29) is 24.4 Å². The van der Waals surface area contributed by atoms with Crippen molar-refractivity contribution in [2.75, 3.05) is 17.1 Å². The Morgan fingerprint density at radius 2 is 1.69 bits per heavy atom. The molecule has 0 fully saturated rings. The molecule has 0 radical (unpaired) electrons. The summed E-state index contributed by atoms with van der Waals surface area (Å²) in [4.78, 5) is 28.0.